The number of rotatable bonds is 5. The van der Waals surface area contributed by atoms with Crippen LogP contribution in [0.5, 0.6) is 0 Å². The first-order chi connectivity index (χ1) is 7.83. The molecule has 0 aliphatic heterocycles. The van der Waals surface area contributed by atoms with Gasteiger partial charge in [0.1, 0.15) is 0 Å². The Hall–Kier alpha value is -1.15. The number of nitrogens with one attached hydrogen (secondary N) is 1. The molecule has 0 radical (unpaired) electrons. The van der Waals surface area contributed by atoms with Crippen LogP contribution in [0.1, 0.15) is 47.5 Å². The molecule has 86 valence electrons. The standard InChI is InChI=1S/C14H19NO/c1-15-10-9-14(16)13-8-3-2-7-12(13)11-5-4-6-11/h2-3,7-8,11,15H,4-6,9-10H2,1H3. The zero-order valence-corrected chi connectivity index (χ0v) is 9.83. The number of carbonyl (C=O) groups excluding carboxylic acids is 1. The molecule has 0 bridgehead atoms. The van der Waals surface area contributed by atoms with Crippen LogP contribution < -0.4 is 5.32 Å². The van der Waals surface area contributed by atoms with Gasteiger partial charge in [-0.25, -0.2) is 0 Å². The minimum absolute atomic E-state index is 0.275. The monoisotopic (exact) mass is 217 g/mol. The fourth-order valence-electron chi connectivity index (χ4n) is 2.20. The summed E-state index contributed by atoms with van der Waals surface area (Å²) in [5.41, 5.74) is 2.22. The summed E-state index contributed by atoms with van der Waals surface area (Å²) in [6, 6.07) is 8.11. The van der Waals surface area contributed by atoms with E-state index in [1.807, 2.05) is 25.2 Å². The average molecular weight is 217 g/mol. The third kappa shape index (κ3) is 2.33. The van der Waals surface area contributed by atoms with E-state index < -0.39 is 0 Å². The highest BCUT2D eigenvalue weighted by Crippen LogP contribution is 2.38. The van der Waals surface area contributed by atoms with E-state index in [1.165, 1.54) is 24.8 Å². The average Bonchev–Trinajstić information content (AvgIpc) is 2.24. The first-order valence-electron chi connectivity index (χ1n) is 6.09. The minimum atomic E-state index is 0.275. The molecule has 2 rings (SSSR count). The third-order valence-corrected chi connectivity index (χ3v) is 3.41. The van der Waals surface area contributed by atoms with Gasteiger partial charge in [-0.3, -0.25) is 4.79 Å². The largest absolute Gasteiger partial charge is 0.319 e. The molecule has 2 nitrogen and oxygen atoms in total. The van der Waals surface area contributed by atoms with Gasteiger partial charge >= 0.3 is 0 Å². The van der Waals surface area contributed by atoms with Gasteiger partial charge in [0.05, 0.1) is 0 Å². The molecule has 1 aromatic carbocycles. The lowest BCUT2D eigenvalue weighted by Crippen LogP contribution is -2.17. The topological polar surface area (TPSA) is 29.1 Å². The van der Waals surface area contributed by atoms with E-state index in [-0.39, 0.29) is 5.78 Å². The fraction of sp³-hybridized carbons (Fsp3) is 0.500. The molecule has 1 aromatic rings. The Kier molecular flexibility index (Phi) is 3.73. The quantitative estimate of drug-likeness (QED) is 0.768. The lowest BCUT2D eigenvalue weighted by Gasteiger charge is -2.27. The summed E-state index contributed by atoms with van der Waals surface area (Å²) in [5.74, 6) is 0.909. The van der Waals surface area contributed by atoms with E-state index in [0.29, 0.717) is 12.3 Å². The van der Waals surface area contributed by atoms with Crippen molar-refractivity contribution >= 4 is 5.78 Å². The van der Waals surface area contributed by atoms with Gasteiger partial charge in [-0.1, -0.05) is 30.7 Å². The molecule has 1 saturated carbocycles. The number of hydrogen-bond donors (Lipinski definition) is 1. The maximum absolute atomic E-state index is 12.0. The molecular weight excluding hydrogens is 198 g/mol. The smallest absolute Gasteiger partial charge is 0.164 e. The highest BCUT2D eigenvalue weighted by molar-refractivity contribution is 5.97. The van der Waals surface area contributed by atoms with Crippen LogP contribution in [0.15, 0.2) is 24.3 Å². The van der Waals surface area contributed by atoms with Crippen molar-refractivity contribution in [1.29, 1.82) is 0 Å². The molecule has 2 heteroatoms. The Labute approximate surface area is 97.1 Å². The highest BCUT2D eigenvalue weighted by Gasteiger charge is 2.23. The van der Waals surface area contributed by atoms with Gasteiger partial charge in [-0.2, -0.15) is 0 Å². The summed E-state index contributed by atoms with van der Waals surface area (Å²) in [5, 5.41) is 3.02. The Balaban J connectivity index is 2.15. The number of Topliss-reactive ketones (excluding diaryl/α,β-unsaturated/α-hetero) is 1. The second kappa shape index (κ2) is 5.26. The zero-order valence-electron chi connectivity index (χ0n) is 9.83. The normalized spacial score (nSPS) is 15.8. The van der Waals surface area contributed by atoms with Crippen molar-refractivity contribution in [3.05, 3.63) is 35.4 Å². The van der Waals surface area contributed by atoms with Gasteiger partial charge in [0.15, 0.2) is 5.78 Å². The van der Waals surface area contributed by atoms with Gasteiger partial charge in [0, 0.05) is 18.5 Å². The van der Waals surface area contributed by atoms with Crippen LogP contribution in [0.3, 0.4) is 0 Å². The van der Waals surface area contributed by atoms with Crippen molar-refractivity contribution in [3.8, 4) is 0 Å². The Morgan fingerprint density at radius 2 is 2.12 bits per heavy atom. The second-order valence-electron chi connectivity index (χ2n) is 4.49. The molecule has 0 saturated heterocycles. The van der Waals surface area contributed by atoms with Crippen molar-refractivity contribution in [3.63, 3.8) is 0 Å². The molecule has 0 unspecified atom stereocenters. The highest BCUT2D eigenvalue weighted by atomic mass is 16.1. The van der Waals surface area contributed by atoms with Crippen LogP contribution in [0.25, 0.3) is 0 Å². The fourth-order valence-corrected chi connectivity index (χ4v) is 2.20. The molecule has 1 fully saturated rings. The van der Waals surface area contributed by atoms with Crippen LogP contribution in [0.4, 0.5) is 0 Å². The number of ketones is 1. The molecule has 1 N–H and O–H groups in total. The molecule has 0 atom stereocenters. The van der Waals surface area contributed by atoms with Crippen LogP contribution in [-0.2, 0) is 0 Å². The Bertz CT molecular complexity index is 369. The van der Waals surface area contributed by atoms with Crippen LogP contribution >= 0.6 is 0 Å². The molecule has 1 aliphatic rings. The van der Waals surface area contributed by atoms with E-state index in [2.05, 4.69) is 11.4 Å². The summed E-state index contributed by atoms with van der Waals surface area (Å²) in [6.45, 7) is 0.762. The molecule has 1 aliphatic carbocycles. The van der Waals surface area contributed by atoms with Crippen molar-refractivity contribution in [1.82, 2.24) is 5.32 Å². The van der Waals surface area contributed by atoms with Gasteiger partial charge in [0.25, 0.3) is 0 Å². The van der Waals surface area contributed by atoms with Crippen molar-refractivity contribution in [2.45, 2.75) is 31.6 Å². The molecule has 0 heterocycles. The van der Waals surface area contributed by atoms with E-state index in [4.69, 9.17) is 0 Å². The molecule has 16 heavy (non-hydrogen) atoms. The minimum Gasteiger partial charge on any atom is -0.319 e. The van der Waals surface area contributed by atoms with Crippen LogP contribution in [-0.4, -0.2) is 19.4 Å². The van der Waals surface area contributed by atoms with Crippen molar-refractivity contribution in [2.24, 2.45) is 0 Å². The predicted octanol–water partition coefficient (Wildman–Crippen LogP) is 2.75. The summed E-state index contributed by atoms with van der Waals surface area (Å²) in [7, 11) is 1.88. The SMILES string of the molecule is CNCCC(=O)c1ccccc1C1CCC1. The molecular formula is C14H19NO. The van der Waals surface area contributed by atoms with Gasteiger partial charge < -0.3 is 5.32 Å². The van der Waals surface area contributed by atoms with Crippen LogP contribution in [0, 0.1) is 0 Å². The predicted molar refractivity (Wildman–Crippen MR) is 65.9 cm³/mol. The van der Waals surface area contributed by atoms with E-state index >= 15 is 0 Å². The van der Waals surface area contributed by atoms with Gasteiger partial charge in [-0.05, 0) is 31.4 Å². The van der Waals surface area contributed by atoms with E-state index in [0.717, 1.165) is 12.1 Å². The first kappa shape index (κ1) is 11.3. The number of hydrogen-bond acceptors (Lipinski definition) is 2. The first-order valence-corrected chi connectivity index (χ1v) is 6.09. The van der Waals surface area contributed by atoms with E-state index in [1.54, 1.807) is 0 Å². The lowest BCUT2D eigenvalue weighted by atomic mass is 9.77. The van der Waals surface area contributed by atoms with Crippen LogP contribution in [0.2, 0.25) is 0 Å². The van der Waals surface area contributed by atoms with Crippen molar-refractivity contribution in [2.75, 3.05) is 13.6 Å². The number of carbonyl (C=O) groups is 1. The van der Waals surface area contributed by atoms with Gasteiger partial charge in [-0.15, -0.1) is 0 Å². The summed E-state index contributed by atoms with van der Waals surface area (Å²) >= 11 is 0. The maximum atomic E-state index is 12.0. The Morgan fingerprint density at radius 3 is 2.75 bits per heavy atom. The van der Waals surface area contributed by atoms with Gasteiger partial charge in [0.2, 0.25) is 0 Å². The maximum Gasteiger partial charge on any atom is 0.164 e. The Morgan fingerprint density at radius 1 is 1.38 bits per heavy atom. The van der Waals surface area contributed by atoms with E-state index in [9.17, 15) is 4.79 Å². The summed E-state index contributed by atoms with van der Waals surface area (Å²) in [6.07, 6.45) is 4.40. The second-order valence-corrected chi connectivity index (χ2v) is 4.49. The number of benzene rings is 1. The van der Waals surface area contributed by atoms with Crippen molar-refractivity contribution < 1.29 is 4.79 Å². The third-order valence-electron chi connectivity index (χ3n) is 3.41. The molecule has 0 spiro atoms. The molecule has 0 amide bonds. The molecule has 0 aromatic heterocycles. The summed E-state index contributed by atoms with van der Waals surface area (Å²) in [4.78, 5) is 12.0. The lowest BCUT2D eigenvalue weighted by molar-refractivity contribution is 0.0981. The zero-order chi connectivity index (χ0) is 11.4. The summed E-state index contributed by atoms with van der Waals surface area (Å²) < 4.78 is 0.